The van der Waals surface area contributed by atoms with Crippen LogP contribution >= 0.6 is 11.8 Å². The number of rotatable bonds is 4. The average Bonchev–Trinajstić information content (AvgIpc) is 2.16. The third kappa shape index (κ3) is 2.74. The summed E-state index contributed by atoms with van der Waals surface area (Å²) in [6, 6.07) is 4.85. The second-order valence-electron chi connectivity index (χ2n) is 2.38. The molecule has 0 heterocycles. The number of halogens is 2. The lowest BCUT2D eigenvalue weighted by molar-refractivity contribution is -0.0495. The van der Waals surface area contributed by atoms with E-state index in [1.54, 1.807) is 12.1 Å². The number of nitrogen functional groups attached to an aromatic ring is 1. The maximum absolute atomic E-state index is 12.0. The molecule has 0 amide bonds. The van der Waals surface area contributed by atoms with Crippen LogP contribution in [0.5, 0.6) is 5.75 Å². The molecule has 0 bridgehead atoms. The molecule has 3 N–H and O–H groups in total. The molecule has 6 heteroatoms. The molecule has 0 aromatic heterocycles. The van der Waals surface area contributed by atoms with Crippen molar-refractivity contribution in [1.82, 2.24) is 0 Å². The van der Waals surface area contributed by atoms with Crippen LogP contribution in [0.4, 0.5) is 14.5 Å². The maximum atomic E-state index is 12.0. The zero-order valence-corrected chi connectivity index (χ0v) is 8.28. The maximum Gasteiger partial charge on any atom is 0.387 e. The summed E-state index contributed by atoms with van der Waals surface area (Å²) in [7, 11) is 0. The summed E-state index contributed by atoms with van der Waals surface area (Å²) in [6.45, 7) is -2.85. The van der Waals surface area contributed by atoms with Gasteiger partial charge in [-0.3, -0.25) is 5.84 Å². The monoisotopic (exact) mass is 220 g/mol. The molecule has 0 fully saturated rings. The first kappa shape index (κ1) is 11.1. The summed E-state index contributed by atoms with van der Waals surface area (Å²) in [4.78, 5) is 0.833. The van der Waals surface area contributed by atoms with Gasteiger partial charge in [-0.25, -0.2) is 0 Å². The highest BCUT2D eigenvalue weighted by atomic mass is 32.2. The summed E-state index contributed by atoms with van der Waals surface area (Å²) in [6.07, 6.45) is 1.84. The number of thioether (sulfide) groups is 1. The fraction of sp³-hybridized carbons (Fsp3) is 0.250. The minimum atomic E-state index is -2.85. The third-order valence-electron chi connectivity index (χ3n) is 1.56. The van der Waals surface area contributed by atoms with Crippen molar-refractivity contribution in [2.45, 2.75) is 11.5 Å². The predicted octanol–water partition coefficient (Wildman–Crippen LogP) is 2.30. The van der Waals surface area contributed by atoms with Crippen LogP contribution in [-0.4, -0.2) is 12.9 Å². The van der Waals surface area contributed by atoms with Gasteiger partial charge in [-0.05, 0) is 24.5 Å². The minimum Gasteiger partial charge on any atom is -0.433 e. The number of hydrazine groups is 1. The normalized spacial score (nSPS) is 10.4. The molecule has 1 rings (SSSR count). The number of alkyl halides is 2. The molecule has 0 aliphatic carbocycles. The standard InChI is InChI=1S/C8H10F2N2OS/c1-14-5-2-3-6(12-11)7(4-5)13-8(9)10/h2-4,8,12H,11H2,1H3. The van der Waals surface area contributed by atoms with Gasteiger partial charge in [0.05, 0.1) is 5.69 Å². The first-order valence-electron chi connectivity index (χ1n) is 3.77. The van der Waals surface area contributed by atoms with Crippen LogP contribution in [0, 0.1) is 0 Å². The second kappa shape index (κ2) is 5.02. The summed E-state index contributed by atoms with van der Waals surface area (Å²) in [5, 5.41) is 0. The van der Waals surface area contributed by atoms with Crippen LogP contribution in [0.15, 0.2) is 23.1 Å². The molecule has 0 aliphatic heterocycles. The van der Waals surface area contributed by atoms with Crippen LogP contribution in [0.1, 0.15) is 0 Å². The van der Waals surface area contributed by atoms with Crippen LogP contribution in [0.2, 0.25) is 0 Å². The van der Waals surface area contributed by atoms with Gasteiger partial charge < -0.3 is 10.2 Å². The van der Waals surface area contributed by atoms with Crippen molar-refractivity contribution in [2.75, 3.05) is 11.7 Å². The highest BCUT2D eigenvalue weighted by molar-refractivity contribution is 7.98. The van der Waals surface area contributed by atoms with Crippen molar-refractivity contribution in [3.05, 3.63) is 18.2 Å². The first-order valence-corrected chi connectivity index (χ1v) is 4.99. The van der Waals surface area contributed by atoms with Crippen molar-refractivity contribution in [3.63, 3.8) is 0 Å². The molecular formula is C8H10F2N2OS. The van der Waals surface area contributed by atoms with Gasteiger partial charge in [0.1, 0.15) is 0 Å². The summed E-state index contributed by atoms with van der Waals surface area (Å²) < 4.78 is 28.2. The fourth-order valence-corrected chi connectivity index (χ4v) is 1.37. The average molecular weight is 220 g/mol. The Morgan fingerprint density at radius 3 is 2.71 bits per heavy atom. The number of benzene rings is 1. The Bertz CT molecular complexity index is 309. The van der Waals surface area contributed by atoms with Gasteiger partial charge in [-0.1, -0.05) is 0 Å². The first-order chi connectivity index (χ1) is 6.67. The topological polar surface area (TPSA) is 47.3 Å². The van der Waals surface area contributed by atoms with Crippen molar-refractivity contribution < 1.29 is 13.5 Å². The zero-order valence-electron chi connectivity index (χ0n) is 7.46. The molecular weight excluding hydrogens is 210 g/mol. The Morgan fingerprint density at radius 2 is 2.21 bits per heavy atom. The van der Waals surface area contributed by atoms with E-state index in [0.717, 1.165) is 4.90 Å². The van der Waals surface area contributed by atoms with Gasteiger partial charge in [0.2, 0.25) is 0 Å². The Balaban J connectivity index is 2.96. The Kier molecular flexibility index (Phi) is 3.97. The number of nitrogens with two attached hydrogens (primary N) is 1. The van der Waals surface area contributed by atoms with Crippen molar-refractivity contribution in [3.8, 4) is 5.75 Å². The van der Waals surface area contributed by atoms with Gasteiger partial charge in [0.25, 0.3) is 0 Å². The van der Waals surface area contributed by atoms with E-state index in [9.17, 15) is 8.78 Å². The molecule has 0 saturated carbocycles. The van der Waals surface area contributed by atoms with E-state index < -0.39 is 6.61 Å². The van der Waals surface area contributed by atoms with Crippen LogP contribution < -0.4 is 16.0 Å². The van der Waals surface area contributed by atoms with Gasteiger partial charge in [-0.2, -0.15) is 8.78 Å². The van der Waals surface area contributed by atoms with E-state index in [0.29, 0.717) is 5.69 Å². The largest absolute Gasteiger partial charge is 0.433 e. The lowest BCUT2D eigenvalue weighted by Crippen LogP contribution is -2.10. The highest BCUT2D eigenvalue weighted by Crippen LogP contribution is 2.29. The van der Waals surface area contributed by atoms with E-state index in [-0.39, 0.29) is 5.75 Å². The van der Waals surface area contributed by atoms with E-state index in [4.69, 9.17) is 5.84 Å². The lowest BCUT2D eigenvalue weighted by atomic mass is 10.3. The Labute approximate surface area is 84.6 Å². The third-order valence-corrected chi connectivity index (χ3v) is 2.29. The quantitative estimate of drug-likeness (QED) is 0.464. The van der Waals surface area contributed by atoms with Crippen LogP contribution in [0.3, 0.4) is 0 Å². The van der Waals surface area contributed by atoms with E-state index in [1.165, 1.54) is 17.8 Å². The van der Waals surface area contributed by atoms with Crippen molar-refractivity contribution in [1.29, 1.82) is 0 Å². The number of nitrogens with one attached hydrogen (secondary N) is 1. The molecule has 78 valence electrons. The molecule has 0 spiro atoms. The molecule has 0 atom stereocenters. The smallest absolute Gasteiger partial charge is 0.387 e. The fourth-order valence-electron chi connectivity index (χ4n) is 0.942. The summed E-state index contributed by atoms with van der Waals surface area (Å²) in [5.41, 5.74) is 2.62. The Morgan fingerprint density at radius 1 is 1.50 bits per heavy atom. The van der Waals surface area contributed by atoms with Gasteiger partial charge in [0.15, 0.2) is 5.75 Å². The molecule has 0 radical (unpaired) electrons. The van der Waals surface area contributed by atoms with Gasteiger partial charge >= 0.3 is 6.61 Å². The molecule has 0 aliphatic rings. The predicted molar refractivity (Wildman–Crippen MR) is 52.7 cm³/mol. The van der Waals surface area contributed by atoms with Crippen molar-refractivity contribution in [2.24, 2.45) is 5.84 Å². The van der Waals surface area contributed by atoms with Gasteiger partial charge in [0, 0.05) is 4.90 Å². The Hall–Kier alpha value is -1.01. The highest BCUT2D eigenvalue weighted by Gasteiger charge is 2.09. The van der Waals surface area contributed by atoms with E-state index >= 15 is 0 Å². The van der Waals surface area contributed by atoms with E-state index in [1.807, 2.05) is 6.26 Å². The molecule has 14 heavy (non-hydrogen) atoms. The lowest BCUT2D eigenvalue weighted by Gasteiger charge is -2.10. The molecule has 3 nitrogen and oxygen atoms in total. The number of ether oxygens (including phenoxy) is 1. The van der Waals surface area contributed by atoms with Crippen LogP contribution in [0.25, 0.3) is 0 Å². The summed E-state index contributed by atoms with van der Waals surface area (Å²) in [5.74, 6) is 5.19. The molecule has 1 aromatic rings. The second-order valence-corrected chi connectivity index (χ2v) is 3.26. The number of hydrogen-bond donors (Lipinski definition) is 2. The van der Waals surface area contributed by atoms with Crippen molar-refractivity contribution >= 4 is 17.4 Å². The van der Waals surface area contributed by atoms with Gasteiger partial charge in [-0.15, -0.1) is 11.8 Å². The van der Waals surface area contributed by atoms with Crippen LogP contribution in [-0.2, 0) is 0 Å². The number of hydrogen-bond acceptors (Lipinski definition) is 4. The molecule has 0 unspecified atom stereocenters. The minimum absolute atomic E-state index is 0.0503. The molecule has 1 aromatic carbocycles. The number of anilines is 1. The zero-order chi connectivity index (χ0) is 10.6. The SMILES string of the molecule is CSc1ccc(NN)c(OC(F)F)c1. The summed E-state index contributed by atoms with van der Waals surface area (Å²) >= 11 is 1.44. The van der Waals surface area contributed by atoms with E-state index in [2.05, 4.69) is 10.2 Å². The molecule has 0 saturated heterocycles.